The lowest BCUT2D eigenvalue weighted by molar-refractivity contribution is -0.507. The Hall–Kier alpha value is -4.46. The van der Waals surface area contributed by atoms with E-state index in [1.807, 2.05) is 54.6 Å². The van der Waals surface area contributed by atoms with Crippen LogP contribution < -0.4 is 5.32 Å². The number of ether oxygens (including phenoxy) is 1. The van der Waals surface area contributed by atoms with Crippen LogP contribution in [0.15, 0.2) is 84.0 Å². The van der Waals surface area contributed by atoms with Gasteiger partial charge in [0.1, 0.15) is 11.7 Å². The molecule has 1 heterocycles. The Kier molecular flexibility index (Phi) is 8.24. The van der Waals surface area contributed by atoms with Crippen LogP contribution in [0.1, 0.15) is 71.1 Å². The number of anilines is 1. The summed E-state index contributed by atoms with van der Waals surface area (Å²) in [5, 5.41) is 7.56. The van der Waals surface area contributed by atoms with Crippen LogP contribution in [0.3, 0.4) is 0 Å². The molecule has 0 saturated heterocycles. The van der Waals surface area contributed by atoms with Crippen molar-refractivity contribution < 1.29 is 28.6 Å². The lowest BCUT2D eigenvalue weighted by Gasteiger charge is -2.17. The fourth-order valence-electron chi connectivity index (χ4n) is 5.64. The number of carbonyl (C=O) groups is 4. The zero-order valence-corrected chi connectivity index (χ0v) is 22.4. The number of nitrogens with one attached hydrogen (secondary N) is 1. The lowest BCUT2D eigenvalue weighted by atomic mass is 9.83. The van der Waals surface area contributed by atoms with Gasteiger partial charge >= 0.3 is 11.9 Å². The highest BCUT2D eigenvalue weighted by molar-refractivity contribution is 5.96. The molecule has 2 unspecified atom stereocenters. The van der Waals surface area contributed by atoms with Crippen molar-refractivity contribution >= 4 is 29.3 Å². The highest BCUT2D eigenvalue weighted by Crippen LogP contribution is 2.38. The molecule has 1 aliphatic heterocycles. The number of methoxy groups -OCH3 is 1. The predicted octanol–water partition coefficient (Wildman–Crippen LogP) is 5.44. The van der Waals surface area contributed by atoms with Crippen LogP contribution in [0.4, 0.5) is 5.69 Å². The normalized spacial score (nSPS) is 18.8. The number of Topliss-reactive ketones (excluding diaryl/α,β-unsaturated/α-hetero) is 1. The van der Waals surface area contributed by atoms with Gasteiger partial charge in [-0.05, 0) is 57.5 Å². The summed E-state index contributed by atoms with van der Waals surface area (Å²) in [5.74, 6) is -2.05. The fourth-order valence-corrected chi connectivity index (χ4v) is 5.64. The maximum absolute atomic E-state index is 14.0. The van der Waals surface area contributed by atoms with E-state index in [-0.39, 0.29) is 30.6 Å². The third-order valence-electron chi connectivity index (χ3n) is 7.67. The van der Waals surface area contributed by atoms with E-state index in [0.29, 0.717) is 11.3 Å². The first-order chi connectivity index (χ1) is 19.4. The van der Waals surface area contributed by atoms with Gasteiger partial charge in [0.15, 0.2) is 6.04 Å². The van der Waals surface area contributed by atoms with E-state index in [4.69, 9.17) is 9.85 Å². The number of nitrogens with zero attached hydrogens (tertiary/aromatic N) is 2. The molecule has 2 atom stereocenters. The van der Waals surface area contributed by atoms with Crippen molar-refractivity contribution in [2.24, 2.45) is 11.0 Å². The number of ketones is 1. The average molecular weight is 539 g/mol. The first-order valence-electron chi connectivity index (χ1n) is 13.6. The molecule has 1 N–H and O–H groups in total. The highest BCUT2D eigenvalue weighted by atomic mass is 16.5. The van der Waals surface area contributed by atoms with E-state index in [2.05, 4.69) is 5.32 Å². The SMILES string of the molecule is COC(=O)c1cccc(NC(=O)C[N+]2=NC(c3ccccc3)c3ccccc3C(CC(=O)C3CCCC3)C2=O)c1. The van der Waals surface area contributed by atoms with Gasteiger partial charge in [-0.25, -0.2) is 9.59 Å². The Balaban J connectivity index is 1.48. The second kappa shape index (κ2) is 12.2. The number of rotatable bonds is 8. The molecule has 0 aromatic heterocycles. The van der Waals surface area contributed by atoms with E-state index < -0.39 is 23.8 Å². The van der Waals surface area contributed by atoms with Crippen LogP contribution in [0.25, 0.3) is 0 Å². The average Bonchev–Trinajstić information content (AvgIpc) is 3.50. The quantitative estimate of drug-likeness (QED) is 0.304. The Bertz CT molecular complexity index is 1460. The molecule has 1 aliphatic carbocycles. The Morgan fingerprint density at radius 1 is 0.925 bits per heavy atom. The second-order valence-corrected chi connectivity index (χ2v) is 10.3. The molecule has 8 heteroatoms. The summed E-state index contributed by atoms with van der Waals surface area (Å²) in [4.78, 5) is 52.5. The van der Waals surface area contributed by atoms with Crippen LogP contribution in [-0.4, -0.2) is 41.9 Å². The van der Waals surface area contributed by atoms with Gasteiger partial charge in [-0.3, -0.25) is 9.59 Å². The van der Waals surface area contributed by atoms with E-state index in [1.54, 1.807) is 18.2 Å². The molecule has 2 aliphatic rings. The van der Waals surface area contributed by atoms with E-state index in [9.17, 15) is 19.2 Å². The van der Waals surface area contributed by atoms with Crippen molar-refractivity contribution in [2.75, 3.05) is 19.0 Å². The highest BCUT2D eigenvalue weighted by Gasteiger charge is 2.42. The Labute approximate surface area is 233 Å². The summed E-state index contributed by atoms with van der Waals surface area (Å²) < 4.78 is 5.98. The van der Waals surface area contributed by atoms with Crippen molar-refractivity contribution in [3.8, 4) is 0 Å². The predicted molar refractivity (Wildman–Crippen MR) is 148 cm³/mol. The maximum atomic E-state index is 14.0. The minimum absolute atomic E-state index is 0.0242. The van der Waals surface area contributed by atoms with Gasteiger partial charge in [0.2, 0.25) is 0 Å². The number of benzene rings is 3. The number of carbonyl (C=O) groups excluding carboxylic acids is 4. The third-order valence-corrected chi connectivity index (χ3v) is 7.67. The molecule has 5 rings (SSSR count). The summed E-state index contributed by atoms with van der Waals surface area (Å²) in [6, 6.07) is 23.1. The molecule has 0 radical (unpaired) electrons. The fraction of sp³-hybridized carbons (Fsp3) is 0.312. The molecule has 3 aromatic rings. The molecular weight excluding hydrogens is 506 g/mol. The molecule has 1 fully saturated rings. The monoisotopic (exact) mass is 538 g/mol. The van der Waals surface area contributed by atoms with Crippen molar-refractivity contribution in [2.45, 2.75) is 44.1 Å². The summed E-state index contributed by atoms with van der Waals surface area (Å²) in [7, 11) is 1.29. The molecular formula is C32H32N3O5+. The molecule has 40 heavy (non-hydrogen) atoms. The Morgan fingerprint density at radius 3 is 2.35 bits per heavy atom. The Morgan fingerprint density at radius 2 is 1.62 bits per heavy atom. The van der Waals surface area contributed by atoms with Gasteiger partial charge in [0, 0.05) is 18.0 Å². The summed E-state index contributed by atoms with van der Waals surface area (Å²) in [5.41, 5.74) is 3.18. The van der Waals surface area contributed by atoms with Gasteiger partial charge in [0.25, 0.3) is 12.5 Å². The van der Waals surface area contributed by atoms with E-state index in [0.717, 1.165) is 42.4 Å². The number of amides is 2. The smallest absolute Gasteiger partial charge is 0.419 e. The molecule has 2 amide bonds. The van der Waals surface area contributed by atoms with Crippen LogP contribution in [0.2, 0.25) is 0 Å². The molecule has 3 aromatic carbocycles. The largest absolute Gasteiger partial charge is 0.465 e. The van der Waals surface area contributed by atoms with E-state index in [1.165, 1.54) is 17.9 Å². The first-order valence-corrected chi connectivity index (χ1v) is 13.6. The van der Waals surface area contributed by atoms with Crippen LogP contribution >= 0.6 is 0 Å². The van der Waals surface area contributed by atoms with Gasteiger partial charge in [-0.1, -0.05) is 73.5 Å². The van der Waals surface area contributed by atoms with Crippen molar-refractivity contribution in [1.29, 1.82) is 0 Å². The maximum Gasteiger partial charge on any atom is 0.419 e. The van der Waals surface area contributed by atoms with Gasteiger partial charge in [-0.15, -0.1) is 0 Å². The zero-order valence-electron chi connectivity index (χ0n) is 22.4. The van der Waals surface area contributed by atoms with Crippen LogP contribution in [0.5, 0.6) is 0 Å². The van der Waals surface area contributed by atoms with Gasteiger partial charge in [-0.2, -0.15) is 0 Å². The summed E-state index contributed by atoms with van der Waals surface area (Å²) in [6.45, 7) is -0.341. The minimum Gasteiger partial charge on any atom is -0.465 e. The first kappa shape index (κ1) is 27.1. The summed E-state index contributed by atoms with van der Waals surface area (Å²) in [6.07, 6.45) is 3.85. The number of azo groups is 2. The lowest BCUT2D eigenvalue weighted by Crippen LogP contribution is -2.33. The zero-order chi connectivity index (χ0) is 28.1. The second-order valence-electron chi connectivity index (χ2n) is 10.3. The van der Waals surface area contributed by atoms with Crippen molar-refractivity contribution in [1.82, 2.24) is 0 Å². The van der Waals surface area contributed by atoms with Crippen LogP contribution in [0, 0.1) is 5.92 Å². The third kappa shape index (κ3) is 5.91. The van der Waals surface area contributed by atoms with Crippen molar-refractivity contribution in [3.05, 3.63) is 101 Å². The number of hydrogen-bond acceptors (Lipinski definition) is 6. The van der Waals surface area contributed by atoms with Crippen molar-refractivity contribution in [3.63, 3.8) is 0 Å². The number of esters is 1. The summed E-state index contributed by atoms with van der Waals surface area (Å²) >= 11 is 0. The minimum atomic E-state index is -0.739. The standard InChI is InChI=1S/C32H31N3O5/c1-40-32(39)23-14-9-15-24(18-23)33-29(37)20-35-31(38)27(19-28(36)21-10-5-6-11-21)25-16-7-8-17-26(25)30(34-35)22-12-3-2-4-13-22/h2-4,7-9,12-18,21,27,30H,5-6,10-11,19-20H2,1H3/p+1. The topological polar surface area (TPSA) is 105 Å². The number of fused-ring (bicyclic) bond motifs is 1. The molecule has 8 nitrogen and oxygen atoms in total. The van der Waals surface area contributed by atoms with Gasteiger partial charge in [0.05, 0.1) is 12.7 Å². The molecule has 0 bridgehead atoms. The molecule has 0 spiro atoms. The van der Waals surface area contributed by atoms with Crippen LogP contribution in [-0.2, 0) is 19.1 Å². The molecule has 1 saturated carbocycles. The number of hydrogen-bond donors (Lipinski definition) is 1. The molecule has 204 valence electrons. The van der Waals surface area contributed by atoms with Gasteiger partial charge < -0.3 is 10.1 Å². The van der Waals surface area contributed by atoms with E-state index >= 15 is 0 Å².